The molecular formula is C29H29F6N3O2. The van der Waals surface area contributed by atoms with E-state index in [2.05, 4.69) is 10.2 Å². The van der Waals surface area contributed by atoms with Gasteiger partial charge in [0.1, 0.15) is 0 Å². The lowest BCUT2D eigenvalue weighted by atomic mass is 9.80. The Morgan fingerprint density at radius 1 is 0.950 bits per heavy atom. The molecule has 2 heterocycles. The van der Waals surface area contributed by atoms with Crippen molar-refractivity contribution in [2.75, 3.05) is 13.1 Å². The van der Waals surface area contributed by atoms with E-state index >= 15 is 0 Å². The van der Waals surface area contributed by atoms with Gasteiger partial charge in [0, 0.05) is 32.7 Å². The molecular weight excluding hydrogens is 536 g/mol. The first-order valence-corrected chi connectivity index (χ1v) is 13.1. The molecule has 2 aliphatic rings. The molecule has 1 unspecified atom stereocenters. The van der Waals surface area contributed by atoms with Crippen LogP contribution in [0.3, 0.4) is 0 Å². The van der Waals surface area contributed by atoms with E-state index in [1.54, 1.807) is 17.7 Å². The standard InChI is InChI=1S/C29H29F6N3O2/c1-37-24-12-19(4-5-21(24)6-7-25(37)39)16-38-9-8-27(17-38,14-18-2-3-18)26(40)36-15-20-10-22(28(30,31)32)13-23(11-20)29(33,34)35/h4-7,10-13,18H,2-3,8-9,14-17H2,1H3,(H,36,40). The molecule has 1 aromatic heterocycles. The number of benzene rings is 2. The van der Waals surface area contributed by atoms with Crippen LogP contribution in [0.15, 0.2) is 53.3 Å². The Bertz CT molecular complexity index is 1460. The lowest BCUT2D eigenvalue weighted by Crippen LogP contribution is -2.43. The fourth-order valence-electron chi connectivity index (χ4n) is 5.67. The Kier molecular flexibility index (Phi) is 7.22. The normalized spacial score (nSPS) is 20.3. The number of carbonyl (C=O) groups is 1. The van der Waals surface area contributed by atoms with Crippen LogP contribution in [0.1, 0.15) is 47.9 Å². The second kappa shape index (κ2) is 10.2. The van der Waals surface area contributed by atoms with Crippen molar-refractivity contribution in [1.29, 1.82) is 0 Å². The average molecular weight is 566 g/mol. The molecule has 1 N–H and O–H groups in total. The molecule has 1 saturated heterocycles. The summed E-state index contributed by atoms with van der Waals surface area (Å²) in [6, 6.07) is 10.5. The first kappa shape index (κ1) is 28.2. The number of likely N-dealkylation sites (tertiary alicyclic amines) is 1. The zero-order valence-corrected chi connectivity index (χ0v) is 21.8. The van der Waals surface area contributed by atoms with E-state index in [0.29, 0.717) is 50.5 Å². The van der Waals surface area contributed by atoms with Crippen LogP contribution in [0, 0.1) is 11.3 Å². The molecule has 1 aliphatic carbocycles. The van der Waals surface area contributed by atoms with Gasteiger partial charge in [0.15, 0.2) is 0 Å². The number of amides is 1. The number of hydrogen-bond donors (Lipinski definition) is 1. The number of nitrogens with zero attached hydrogens (tertiary/aromatic N) is 2. The number of halogens is 6. The molecule has 1 aliphatic heterocycles. The number of alkyl halides is 6. The topological polar surface area (TPSA) is 54.3 Å². The smallest absolute Gasteiger partial charge is 0.352 e. The van der Waals surface area contributed by atoms with Gasteiger partial charge < -0.3 is 9.88 Å². The summed E-state index contributed by atoms with van der Waals surface area (Å²) in [5, 5.41) is 3.58. The highest BCUT2D eigenvalue weighted by Crippen LogP contribution is 2.46. The summed E-state index contributed by atoms with van der Waals surface area (Å²) in [7, 11) is 1.71. The zero-order valence-electron chi connectivity index (χ0n) is 21.8. The molecule has 1 amide bonds. The molecule has 1 atom stereocenters. The molecule has 5 nitrogen and oxygen atoms in total. The van der Waals surface area contributed by atoms with Crippen LogP contribution in [-0.2, 0) is 37.3 Å². The minimum absolute atomic E-state index is 0.0828. The van der Waals surface area contributed by atoms with Crippen LogP contribution in [-0.4, -0.2) is 28.5 Å². The van der Waals surface area contributed by atoms with Crippen molar-refractivity contribution in [3.63, 3.8) is 0 Å². The van der Waals surface area contributed by atoms with Gasteiger partial charge in [-0.05, 0) is 72.1 Å². The Morgan fingerprint density at radius 2 is 1.60 bits per heavy atom. The van der Waals surface area contributed by atoms with Gasteiger partial charge in [-0.2, -0.15) is 26.3 Å². The van der Waals surface area contributed by atoms with E-state index in [9.17, 15) is 35.9 Å². The number of nitrogens with one attached hydrogen (secondary N) is 1. The lowest BCUT2D eigenvalue weighted by Gasteiger charge is -2.29. The van der Waals surface area contributed by atoms with E-state index in [1.807, 2.05) is 18.2 Å². The number of hydrogen-bond acceptors (Lipinski definition) is 3. The number of fused-ring (bicyclic) bond motifs is 1. The summed E-state index contributed by atoms with van der Waals surface area (Å²) >= 11 is 0. The SMILES string of the molecule is Cn1c(=O)ccc2ccc(CN3CCC(CC4CC4)(C(=O)NCc4cc(C(F)(F)F)cc(C(F)(F)F)c4)C3)cc21. The maximum absolute atomic E-state index is 13.5. The van der Waals surface area contributed by atoms with Crippen molar-refractivity contribution in [2.24, 2.45) is 18.4 Å². The third-order valence-corrected chi connectivity index (χ3v) is 7.99. The van der Waals surface area contributed by atoms with E-state index in [1.165, 1.54) is 6.07 Å². The van der Waals surface area contributed by atoms with Crippen molar-refractivity contribution in [3.05, 3.63) is 81.1 Å². The van der Waals surface area contributed by atoms with Crippen molar-refractivity contribution >= 4 is 16.8 Å². The monoisotopic (exact) mass is 565 g/mol. The van der Waals surface area contributed by atoms with Crippen molar-refractivity contribution < 1.29 is 31.1 Å². The van der Waals surface area contributed by atoms with E-state index < -0.39 is 35.4 Å². The molecule has 214 valence electrons. The summed E-state index contributed by atoms with van der Waals surface area (Å²) in [6.45, 7) is 1.16. The minimum atomic E-state index is -4.95. The van der Waals surface area contributed by atoms with Gasteiger partial charge in [0.2, 0.25) is 5.91 Å². The van der Waals surface area contributed by atoms with Crippen LogP contribution in [0.25, 0.3) is 10.9 Å². The Labute approximate surface area is 226 Å². The minimum Gasteiger partial charge on any atom is -0.352 e. The molecule has 3 aromatic rings. The highest BCUT2D eigenvalue weighted by molar-refractivity contribution is 5.83. The van der Waals surface area contributed by atoms with Crippen LogP contribution >= 0.6 is 0 Å². The summed E-state index contributed by atoms with van der Waals surface area (Å²) in [4.78, 5) is 27.7. The number of carbonyl (C=O) groups excluding carboxylic acids is 1. The summed E-state index contributed by atoms with van der Waals surface area (Å²) < 4.78 is 81.2. The van der Waals surface area contributed by atoms with Gasteiger partial charge in [-0.25, -0.2) is 0 Å². The third-order valence-electron chi connectivity index (χ3n) is 7.99. The second-order valence-electron chi connectivity index (χ2n) is 11.1. The molecule has 11 heteroatoms. The van der Waals surface area contributed by atoms with Crippen molar-refractivity contribution in [2.45, 2.75) is 51.1 Å². The van der Waals surface area contributed by atoms with Crippen LogP contribution in [0.2, 0.25) is 0 Å². The van der Waals surface area contributed by atoms with Gasteiger partial charge >= 0.3 is 12.4 Å². The molecule has 40 heavy (non-hydrogen) atoms. The highest BCUT2D eigenvalue weighted by Gasteiger charge is 2.47. The molecule has 0 radical (unpaired) electrons. The Balaban J connectivity index is 1.32. The summed E-state index contributed by atoms with van der Waals surface area (Å²) in [6.07, 6.45) is -6.75. The summed E-state index contributed by atoms with van der Waals surface area (Å²) in [5.41, 5.74) is -2.19. The first-order chi connectivity index (χ1) is 18.7. The number of aromatic nitrogens is 1. The predicted octanol–water partition coefficient (Wildman–Crippen LogP) is 5.88. The third kappa shape index (κ3) is 6.04. The van der Waals surface area contributed by atoms with Gasteiger partial charge in [0.05, 0.1) is 22.1 Å². The molecule has 1 saturated carbocycles. The number of pyridine rings is 1. The Morgan fingerprint density at radius 3 is 2.23 bits per heavy atom. The molecule has 5 rings (SSSR count). The van der Waals surface area contributed by atoms with Crippen LogP contribution < -0.4 is 10.9 Å². The van der Waals surface area contributed by atoms with Crippen molar-refractivity contribution in [1.82, 2.24) is 14.8 Å². The number of aryl methyl sites for hydroxylation is 1. The second-order valence-corrected chi connectivity index (χ2v) is 11.1. The summed E-state index contributed by atoms with van der Waals surface area (Å²) in [5.74, 6) is 0.0278. The first-order valence-electron chi connectivity index (χ1n) is 13.1. The maximum Gasteiger partial charge on any atom is 0.416 e. The van der Waals surface area contributed by atoms with Gasteiger partial charge in [-0.3, -0.25) is 14.5 Å². The number of rotatable bonds is 7. The lowest BCUT2D eigenvalue weighted by molar-refractivity contribution is -0.143. The largest absolute Gasteiger partial charge is 0.416 e. The van der Waals surface area contributed by atoms with E-state index in [-0.39, 0.29) is 23.1 Å². The van der Waals surface area contributed by atoms with Gasteiger partial charge in [-0.15, -0.1) is 0 Å². The van der Waals surface area contributed by atoms with Crippen LogP contribution in [0.4, 0.5) is 26.3 Å². The van der Waals surface area contributed by atoms with Crippen LogP contribution in [0.5, 0.6) is 0 Å². The molecule has 0 spiro atoms. The fourth-order valence-corrected chi connectivity index (χ4v) is 5.67. The fraction of sp³-hybridized carbons (Fsp3) is 0.448. The predicted molar refractivity (Wildman–Crippen MR) is 137 cm³/mol. The average Bonchev–Trinajstić information content (AvgIpc) is 3.61. The zero-order chi connectivity index (χ0) is 28.9. The highest BCUT2D eigenvalue weighted by atomic mass is 19.4. The Hall–Kier alpha value is -3.34. The van der Waals surface area contributed by atoms with E-state index in [0.717, 1.165) is 29.3 Å². The van der Waals surface area contributed by atoms with Gasteiger partial charge in [-0.1, -0.05) is 25.0 Å². The quantitative estimate of drug-likeness (QED) is 0.364. The maximum atomic E-state index is 13.5. The van der Waals surface area contributed by atoms with E-state index in [4.69, 9.17) is 0 Å². The molecule has 2 fully saturated rings. The molecule has 0 bridgehead atoms. The molecule has 2 aromatic carbocycles. The van der Waals surface area contributed by atoms with Crippen molar-refractivity contribution in [3.8, 4) is 0 Å². The van der Waals surface area contributed by atoms with Gasteiger partial charge in [0.25, 0.3) is 5.56 Å².